The number of hydrogen-bond acceptors (Lipinski definition) is 4. The normalized spacial score (nSPS) is 16.1. The number of aromatic nitrogens is 3. The van der Waals surface area contributed by atoms with Crippen LogP contribution in [0.4, 0.5) is 0 Å². The zero-order valence-electron chi connectivity index (χ0n) is 14.6. The van der Waals surface area contributed by atoms with E-state index in [1.54, 1.807) is 11.9 Å². The summed E-state index contributed by atoms with van der Waals surface area (Å²) < 4.78 is 5.90. The van der Waals surface area contributed by atoms with Gasteiger partial charge in [0.25, 0.3) is 5.91 Å². The molecule has 0 spiro atoms. The highest BCUT2D eigenvalue weighted by molar-refractivity contribution is 5.91. The average Bonchev–Trinajstić information content (AvgIpc) is 3.18. The number of ether oxygens (including phenoxy) is 1. The van der Waals surface area contributed by atoms with Crippen molar-refractivity contribution in [3.8, 4) is 5.69 Å². The maximum Gasteiger partial charge on any atom is 0.275 e. The number of benzene rings is 2. The molecule has 132 valence electrons. The number of rotatable bonds is 4. The van der Waals surface area contributed by atoms with Crippen LogP contribution in [0.5, 0.6) is 0 Å². The molecule has 2 heterocycles. The van der Waals surface area contributed by atoms with E-state index in [4.69, 9.17) is 4.74 Å². The van der Waals surface area contributed by atoms with Crippen molar-refractivity contribution in [2.75, 3.05) is 13.6 Å². The summed E-state index contributed by atoms with van der Waals surface area (Å²) in [7, 11) is 1.77. The van der Waals surface area contributed by atoms with E-state index >= 15 is 0 Å². The van der Waals surface area contributed by atoms with Crippen molar-refractivity contribution < 1.29 is 9.53 Å². The Kier molecular flexibility index (Phi) is 4.50. The lowest BCUT2D eigenvalue weighted by Gasteiger charge is -2.28. The van der Waals surface area contributed by atoms with Gasteiger partial charge in [-0.2, -0.15) is 9.90 Å². The minimum Gasteiger partial charge on any atom is -0.371 e. The largest absolute Gasteiger partial charge is 0.371 e. The Morgan fingerprint density at radius 2 is 1.88 bits per heavy atom. The molecule has 0 saturated carbocycles. The molecule has 0 aliphatic carbocycles. The van der Waals surface area contributed by atoms with Crippen LogP contribution < -0.4 is 0 Å². The molecule has 1 amide bonds. The molecule has 0 N–H and O–H groups in total. The van der Waals surface area contributed by atoms with Gasteiger partial charge >= 0.3 is 0 Å². The van der Waals surface area contributed by atoms with Gasteiger partial charge in [0.15, 0.2) is 5.69 Å². The maximum absolute atomic E-state index is 12.7. The lowest BCUT2D eigenvalue weighted by molar-refractivity contribution is 0.00971. The molecule has 0 bridgehead atoms. The molecule has 0 saturated heterocycles. The summed E-state index contributed by atoms with van der Waals surface area (Å²) in [5, 5.41) is 8.50. The quantitative estimate of drug-likeness (QED) is 0.727. The second kappa shape index (κ2) is 7.09. The van der Waals surface area contributed by atoms with E-state index in [0.29, 0.717) is 18.8 Å². The predicted molar refractivity (Wildman–Crippen MR) is 97.0 cm³/mol. The van der Waals surface area contributed by atoms with Gasteiger partial charge in [-0.3, -0.25) is 4.79 Å². The molecule has 1 atom stereocenters. The summed E-state index contributed by atoms with van der Waals surface area (Å²) in [5.74, 6) is -0.158. The van der Waals surface area contributed by atoms with Crippen molar-refractivity contribution in [3.05, 3.63) is 77.6 Å². The van der Waals surface area contributed by atoms with Crippen LogP contribution in [0.3, 0.4) is 0 Å². The molecule has 1 aromatic heterocycles. The molecule has 6 heteroatoms. The average molecular weight is 348 g/mol. The summed E-state index contributed by atoms with van der Waals surface area (Å²) in [6.07, 6.45) is 2.30. The molecule has 3 aromatic rings. The van der Waals surface area contributed by atoms with Crippen LogP contribution in [-0.2, 0) is 17.8 Å². The SMILES string of the molecule is CN(CC1Cc2ccccc2CO1)C(=O)c1cnn(-c2ccccc2)n1. The zero-order valence-corrected chi connectivity index (χ0v) is 14.6. The Morgan fingerprint density at radius 1 is 1.15 bits per heavy atom. The van der Waals surface area contributed by atoms with Gasteiger partial charge in [0.1, 0.15) is 0 Å². The van der Waals surface area contributed by atoms with E-state index in [1.807, 2.05) is 42.5 Å². The first-order valence-corrected chi connectivity index (χ1v) is 8.62. The summed E-state index contributed by atoms with van der Waals surface area (Å²) in [5.41, 5.74) is 3.66. The second-order valence-corrected chi connectivity index (χ2v) is 6.45. The molecular weight excluding hydrogens is 328 g/mol. The van der Waals surface area contributed by atoms with E-state index in [0.717, 1.165) is 12.1 Å². The summed E-state index contributed by atoms with van der Waals surface area (Å²) in [6, 6.07) is 17.8. The Labute approximate surface area is 152 Å². The standard InChI is InChI=1S/C20H20N4O2/c1-23(13-18-11-15-7-5-6-8-16(15)14-26-18)20(25)19-12-21-24(22-19)17-9-3-2-4-10-17/h2-10,12,18H,11,13-14H2,1H3. The Balaban J connectivity index is 1.42. The topological polar surface area (TPSA) is 60.2 Å². The molecule has 2 aromatic carbocycles. The third-order valence-corrected chi connectivity index (χ3v) is 4.56. The number of para-hydroxylation sites is 1. The van der Waals surface area contributed by atoms with Gasteiger partial charge < -0.3 is 9.64 Å². The molecule has 1 aliphatic heterocycles. The zero-order chi connectivity index (χ0) is 17.9. The van der Waals surface area contributed by atoms with Gasteiger partial charge in [-0.05, 0) is 23.3 Å². The predicted octanol–water partition coefficient (Wildman–Crippen LogP) is 2.48. The Bertz CT molecular complexity index is 907. The van der Waals surface area contributed by atoms with Gasteiger partial charge in [-0.15, -0.1) is 5.10 Å². The number of amides is 1. The Morgan fingerprint density at radius 3 is 2.69 bits per heavy atom. The van der Waals surface area contributed by atoms with Crippen LogP contribution in [-0.4, -0.2) is 45.5 Å². The van der Waals surface area contributed by atoms with Crippen LogP contribution in [0.2, 0.25) is 0 Å². The summed E-state index contributed by atoms with van der Waals surface area (Å²) in [6.45, 7) is 1.11. The van der Waals surface area contributed by atoms with Crippen LogP contribution in [0.25, 0.3) is 5.69 Å². The molecule has 1 aliphatic rings. The molecule has 26 heavy (non-hydrogen) atoms. The first-order valence-electron chi connectivity index (χ1n) is 8.62. The molecule has 1 unspecified atom stereocenters. The van der Waals surface area contributed by atoms with E-state index in [2.05, 4.69) is 22.3 Å². The number of carbonyl (C=O) groups is 1. The van der Waals surface area contributed by atoms with Crippen molar-refractivity contribution >= 4 is 5.91 Å². The molecule has 0 radical (unpaired) electrons. The van der Waals surface area contributed by atoms with Crippen LogP contribution in [0, 0.1) is 0 Å². The fourth-order valence-corrected chi connectivity index (χ4v) is 3.16. The third-order valence-electron chi connectivity index (χ3n) is 4.56. The van der Waals surface area contributed by atoms with Crippen LogP contribution in [0.1, 0.15) is 21.6 Å². The molecule has 6 nitrogen and oxygen atoms in total. The van der Waals surface area contributed by atoms with Crippen LogP contribution in [0.15, 0.2) is 60.8 Å². The van der Waals surface area contributed by atoms with Crippen molar-refractivity contribution in [2.45, 2.75) is 19.1 Å². The Hall–Kier alpha value is -2.99. The number of nitrogens with zero attached hydrogens (tertiary/aromatic N) is 4. The third kappa shape index (κ3) is 3.36. The fraction of sp³-hybridized carbons (Fsp3) is 0.250. The lowest BCUT2D eigenvalue weighted by Crippen LogP contribution is -2.38. The highest BCUT2D eigenvalue weighted by Gasteiger charge is 2.24. The summed E-state index contributed by atoms with van der Waals surface area (Å²) >= 11 is 0. The molecule has 4 rings (SSSR count). The first kappa shape index (κ1) is 16.5. The van der Waals surface area contributed by atoms with E-state index in [9.17, 15) is 4.79 Å². The smallest absolute Gasteiger partial charge is 0.275 e. The van der Waals surface area contributed by atoms with Crippen molar-refractivity contribution in [1.82, 2.24) is 19.9 Å². The number of likely N-dealkylation sites (N-methyl/N-ethyl adjacent to an activating group) is 1. The lowest BCUT2D eigenvalue weighted by atomic mass is 9.99. The van der Waals surface area contributed by atoms with Gasteiger partial charge in [0, 0.05) is 20.0 Å². The van der Waals surface area contributed by atoms with E-state index in [1.165, 1.54) is 22.1 Å². The van der Waals surface area contributed by atoms with Crippen molar-refractivity contribution in [3.63, 3.8) is 0 Å². The highest BCUT2D eigenvalue weighted by atomic mass is 16.5. The van der Waals surface area contributed by atoms with E-state index in [-0.39, 0.29) is 12.0 Å². The monoisotopic (exact) mass is 348 g/mol. The van der Waals surface area contributed by atoms with E-state index < -0.39 is 0 Å². The number of carbonyl (C=O) groups excluding carboxylic acids is 1. The number of hydrogen-bond donors (Lipinski definition) is 0. The van der Waals surface area contributed by atoms with Crippen molar-refractivity contribution in [2.24, 2.45) is 0 Å². The fourth-order valence-electron chi connectivity index (χ4n) is 3.16. The number of fused-ring (bicyclic) bond motifs is 1. The molecular formula is C20H20N4O2. The van der Waals surface area contributed by atoms with Crippen LogP contribution >= 0.6 is 0 Å². The minimum atomic E-state index is -0.158. The maximum atomic E-state index is 12.7. The van der Waals surface area contributed by atoms with Crippen molar-refractivity contribution in [1.29, 1.82) is 0 Å². The first-order chi connectivity index (χ1) is 12.7. The van der Waals surface area contributed by atoms with Gasteiger partial charge in [0.2, 0.25) is 0 Å². The van der Waals surface area contributed by atoms with Gasteiger partial charge in [0.05, 0.1) is 24.6 Å². The highest BCUT2D eigenvalue weighted by Crippen LogP contribution is 2.21. The second-order valence-electron chi connectivity index (χ2n) is 6.45. The minimum absolute atomic E-state index is 0.0111. The summed E-state index contributed by atoms with van der Waals surface area (Å²) in [4.78, 5) is 15.8. The van der Waals surface area contributed by atoms with Gasteiger partial charge in [-0.25, -0.2) is 0 Å². The van der Waals surface area contributed by atoms with Gasteiger partial charge in [-0.1, -0.05) is 42.5 Å². The molecule has 0 fully saturated rings.